The van der Waals surface area contributed by atoms with Crippen LogP contribution in [0.5, 0.6) is 0 Å². The molecule has 0 saturated heterocycles. The Balaban J connectivity index is 2.46. The van der Waals surface area contributed by atoms with Crippen LogP contribution in [0.4, 0.5) is 17.1 Å². The van der Waals surface area contributed by atoms with Gasteiger partial charge in [-0.05, 0) is 24.3 Å². The van der Waals surface area contributed by atoms with Crippen molar-refractivity contribution in [2.24, 2.45) is 9.39 Å². The van der Waals surface area contributed by atoms with Gasteiger partial charge in [0.1, 0.15) is 5.69 Å². The third-order valence-corrected chi connectivity index (χ3v) is 3.64. The Bertz CT molecular complexity index is 994. The summed E-state index contributed by atoms with van der Waals surface area (Å²) in [5, 5.41) is 21.8. The molecule has 1 aromatic carbocycles. The lowest BCUT2D eigenvalue weighted by Gasteiger charge is -2.06. The second-order valence-electron chi connectivity index (χ2n) is 4.76. The SMILES string of the molecule is CS(=O)(=O)/N=C1/C=CC(=Nc2ccc([N+](=O)[O-])cc2[N+](=O)[O-])C=C1Cl. The molecule has 130 valence electrons. The van der Waals surface area contributed by atoms with E-state index in [2.05, 4.69) is 9.39 Å². The number of sulfonamides is 1. The molecule has 10 nitrogen and oxygen atoms in total. The number of hydrogen-bond donors (Lipinski definition) is 0. The Labute approximate surface area is 146 Å². The van der Waals surface area contributed by atoms with Crippen LogP contribution in [-0.2, 0) is 10.0 Å². The van der Waals surface area contributed by atoms with E-state index in [0.29, 0.717) is 0 Å². The molecule has 0 radical (unpaired) electrons. The number of benzene rings is 1. The van der Waals surface area contributed by atoms with Crippen LogP contribution in [0, 0.1) is 20.2 Å². The first-order chi connectivity index (χ1) is 11.6. The molecule has 1 aliphatic carbocycles. The molecule has 12 heteroatoms. The number of non-ortho nitro benzene ring substituents is 1. The Morgan fingerprint density at radius 3 is 2.32 bits per heavy atom. The molecule has 0 unspecified atom stereocenters. The zero-order valence-corrected chi connectivity index (χ0v) is 14.1. The summed E-state index contributed by atoms with van der Waals surface area (Å²) in [6.07, 6.45) is 4.83. The smallest absolute Gasteiger partial charge is 0.258 e. The maximum atomic E-state index is 11.2. The molecule has 0 bridgehead atoms. The average Bonchev–Trinajstić information content (AvgIpc) is 2.48. The van der Waals surface area contributed by atoms with Gasteiger partial charge in [-0.3, -0.25) is 20.2 Å². The minimum Gasteiger partial charge on any atom is -0.258 e. The van der Waals surface area contributed by atoms with Crippen LogP contribution < -0.4 is 0 Å². The summed E-state index contributed by atoms with van der Waals surface area (Å²) in [6, 6.07) is 3.02. The van der Waals surface area contributed by atoms with Crippen LogP contribution >= 0.6 is 11.6 Å². The van der Waals surface area contributed by atoms with E-state index >= 15 is 0 Å². The zero-order chi connectivity index (χ0) is 18.8. The summed E-state index contributed by atoms with van der Waals surface area (Å²) in [4.78, 5) is 24.3. The van der Waals surface area contributed by atoms with Crippen molar-refractivity contribution in [3.8, 4) is 0 Å². The van der Waals surface area contributed by atoms with Crippen molar-refractivity contribution in [1.29, 1.82) is 0 Å². The van der Waals surface area contributed by atoms with Crippen LogP contribution in [0.3, 0.4) is 0 Å². The Morgan fingerprint density at radius 1 is 1.12 bits per heavy atom. The molecule has 0 saturated carbocycles. The fourth-order valence-corrected chi connectivity index (χ4v) is 2.61. The highest BCUT2D eigenvalue weighted by Crippen LogP contribution is 2.32. The van der Waals surface area contributed by atoms with Gasteiger partial charge in [0.15, 0.2) is 0 Å². The molecule has 0 amide bonds. The van der Waals surface area contributed by atoms with Gasteiger partial charge in [-0.25, -0.2) is 13.4 Å². The van der Waals surface area contributed by atoms with Crippen LogP contribution in [0.15, 0.2) is 50.8 Å². The van der Waals surface area contributed by atoms with Gasteiger partial charge >= 0.3 is 5.69 Å². The topological polar surface area (TPSA) is 145 Å². The first kappa shape index (κ1) is 18.4. The molecule has 0 fully saturated rings. The molecular weight excluding hydrogens is 376 g/mol. The first-order valence-electron chi connectivity index (χ1n) is 6.44. The highest BCUT2D eigenvalue weighted by atomic mass is 35.5. The summed E-state index contributed by atoms with van der Waals surface area (Å²) in [5.74, 6) is 0. The molecule has 0 N–H and O–H groups in total. The molecule has 25 heavy (non-hydrogen) atoms. The van der Waals surface area contributed by atoms with E-state index in [0.717, 1.165) is 24.5 Å². The summed E-state index contributed by atoms with van der Waals surface area (Å²) in [7, 11) is -3.65. The second kappa shape index (κ2) is 6.91. The van der Waals surface area contributed by atoms with E-state index in [4.69, 9.17) is 11.6 Å². The van der Waals surface area contributed by atoms with Crippen molar-refractivity contribution < 1.29 is 18.3 Å². The number of nitro groups is 2. The Hall–Kier alpha value is -2.92. The first-order valence-corrected chi connectivity index (χ1v) is 8.66. The quantitative estimate of drug-likeness (QED) is 0.443. The highest BCUT2D eigenvalue weighted by Gasteiger charge is 2.20. The lowest BCUT2D eigenvalue weighted by Crippen LogP contribution is -2.07. The van der Waals surface area contributed by atoms with Crippen LogP contribution in [-0.4, -0.2) is 35.9 Å². The van der Waals surface area contributed by atoms with E-state index in [9.17, 15) is 28.6 Å². The number of rotatable bonds is 4. The van der Waals surface area contributed by atoms with Crippen LogP contribution in [0.2, 0.25) is 0 Å². The zero-order valence-electron chi connectivity index (χ0n) is 12.5. The van der Waals surface area contributed by atoms with E-state index in [-0.39, 0.29) is 22.1 Å². The minimum absolute atomic E-state index is 0.00122. The van der Waals surface area contributed by atoms with Gasteiger partial charge in [0.25, 0.3) is 15.7 Å². The van der Waals surface area contributed by atoms with Crippen molar-refractivity contribution in [3.63, 3.8) is 0 Å². The standard InChI is InChI=1S/C13H9ClN4O6S/c1-25(23,24)16-11-4-2-8(6-10(11)14)15-12-5-3-9(17(19)20)7-13(12)18(21)22/h2-7H,1H3/b15-8?,16-11-. The van der Waals surface area contributed by atoms with Crippen molar-refractivity contribution in [2.75, 3.05) is 6.26 Å². The maximum Gasteiger partial charge on any atom is 0.301 e. The van der Waals surface area contributed by atoms with E-state index < -0.39 is 31.2 Å². The molecule has 0 aliphatic heterocycles. The van der Waals surface area contributed by atoms with Gasteiger partial charge < -0.3 is 0 Å². The van der Waals surface area contributed by atoms with Gasteiger partial charge in [0.05, 0.1) is 38.6 Å². The molecule has 0 aromatic heterocycles. The normalized spacial score (nSPS) is 17.6. The number of nitro benzene ring substituents is 2. The largest absolute Gasteiger partial charge is 0.301 e. The fraction of sp³-hybridized carbons (Fsp3) is 0.0769. The monoisotopic (exact) mass is 384 g/mol. The van der Waals surface area contributed by atoms with Crippen molar-refractivity contribution in [1.82, 2.24) is 0 Å². The fourth-order valence-electron chi connectivity index (χ4n) is 1.82. The number of nitrogens with zero attached hydrogens (tertiary/aromatic N) is 4. The van der Waals surface area contributed by atoms with Crippen LogP contribution in [0.25, 0.3) is 0 Å². The summed E-state index contributed by atoms with van der Waals surface area (Å²) in [5.41, 5.74) is -0.906. The third-order valence-electron chi connectivity index (χ3n) is 2.81. The summed E-state index contributed by atoms with van der Waals surface area (Å²) >= 11 is 5.93. The van der Waals surface area contributed by atoms with E-state index in [1.54, 1.807) is 0 Å². The summed E-state index contributed by atoms with van der Waals surface area (Å²) < 4.78 is 25.7. The van der Waals surface area contributed by atoms with Gasteiger partial charge in [0, 0.05) is 6.07 Å². The predicted molar refractivity (Wildman–Crippen MR) is 92.2 cm³/mol. The third kappa shape index (κ3) is 4.78. The number of allylic oxidation sites excluding steroid dienone is 4. The number of aliphatic imine (C=N–C) groups is 1. The number of halogens is 1. The molecule has 0 atom stereocenters. The minimum atomic E-state index is -3.65. The molecule has 1 aliphatic rings. The summed E-state index contributed by atoms with van der Waals surface area (Å²) in [6.45, 7) is 0. The van der Waals surface area contributed by atoms with Gasteiger partial charge in [-0.1, -0.05) is 11.6 Å². The average molecular weight is 385 g/mol. The molecule has 0 heterocycles. The predicted octanol–water partition coefficient (Wildman–Crippen LogP) is 2.67. The van der Waals surface area contributed by atoms with Gasteiger partial charge in [-0.15, -0.1) is 0 Å². The maximum absolute atomic E-state index is 11.2. The number of hydrogen-bond acceptors (Lipinski definition) is 7. The molecule has 1 aromatic rings. The molecule has 2 rings (SSSR count). The van der Waals surface area contributed by atoms with E-state index in [1.807, 2.05) is 0 Å². The lowest BCUT2D eigenvalue weighted by atomic mass is 10.1. The highest BCUT2D eigenvalue weighted by molar-refractivity contribution is 7.89. The van der Waals surface area contributed by atoms with E-state index in [1.165, 1.54) is 18.2 Å². The van der Waals surface area contributed by atoms with Gasteiger partial charge in [0.2, 0.25) is 0 Å². The lowest BCUT2D eigenvalue weighted by molar-refractivity contribution is -0.393. The van der Waals surface area contributed by atoms with Crippen molar-refractivity contribution in [3.05, 3.63) is 61.7 Å². The second-order valence-corrected chi connectivity index (χ2v) is 6.81. The van der Waals surface area contributed by atoms with Crippen LogP contribution in [0.1, 0.15) is 0 Å². The molecule has 0 spiro atoms. The van der Waals surface area contributed by atoms with Crippen molar-refractivity contribution in [2.45, 2.75) is 0 Å². The van der Waals surface area contributed by atoms with Gasteiger partial charge in [-0.2, -0.15) is 4.40 Å². The van der Waals surface area contributed by atoms with Crippen molar-refractivity contribution >= 4 is 50.1 Å². The molecular formula is C13H9ClN4O6S. The Morgan fingerprint density at radius 2 is 1.80 bits per heavy atom. The Kier molecular flexibility index (Phi) is 5.09.